The maximum Gasteiger partial charge on any atom is 0.160 e. The summed E-state index contributed by atoms with van der Waals surface area (Å²) in [7, 11) is 0. The van der Waals surface area contributed by atoms with Gasteiger partial charge in [0, 0.05) is 27.6 Å². The van der Waals surface area contributed by atoms with Crippen molar-refractivity contribution in [2.24, 2.45) is 0 Å². The van der Waals surface area contributed by atoms with Crippen molar-refractivity contribution in [3.63, 3.8) is 0 Å². The SMILES string of the molecule is Cc1ccc2ccc3c(C)cc(-c4cc(-c5ccc(-c6ccccc6)cc5)nc(-c5ccccc5)n4)nc3c2n1. The molecule has 0 bridgehead atoms. The summed E-state index contributed by atoms with van der Waals surface area (Å²) in [5, 5.41) is 2.18. The number of aromatic nitrogens is 4. The monoisotopic (exact) mass is 514 g/mol. The normalized spacial score (nSPS) is 11.2. The number of aryl methyl sites for hydroxylation is 2. The van der Waals surface area contributed by atoms with Gasteiger partial charge in [-0.25, -0.2) is 15.0 Å². The number of pyridine rings is 2. The Kier molecular flexibility index (Phi) is 5.86. The molecular weight excluding hydrogens is 488 g/mol. The van der Waals surface area contributed by atoms with Crippen LogP contribution in [-0.2, 0) is 0 Å². The van der Waals surface area contributed by atoms with Gasteiger partial charge in [0.05, 0.1) is 28.1 Å². The molecule has 0 N–H and O–H groups in total. The second kappa shape index (κ2) is 9.83. The highest BCUT2D eigenvalue weighted by Crippen LogP contribution is 2.32. The van der Waals surface area contributed by atoms with Crippen molar-refractivity contribution in [1.29, 1.82) is 0 Å². The number of nitrogens with zero attached hydrogens (tertiary/aromatic N) is 4. The zero-order chi connectivity index (χ0) is 27.1. The van der Waals surface area contributed by atoms with Crippen LogP contribution in [0.25, 0.3) is 67.0 Å². The van der Waals surface area contributed by atoms with E-state index in [0.717, 1.165) is 61.3 Å². The molecule has 7 rings (SSSR count). The Morgan fingerprint density at radius 2 is 1.02 bits per heavy atom. The van der Waals surface area contributed by atoms with Crippen molar-refractivity contribution in [2.45, 2.75) is 13.8 Å². The lowest BCUT2D eigenvalue weighted by Crippen LogP contribution is -1.98. The molecule has 3 aromatic heterocycles. The van der Waals surface area contributed by atoms with E-state index in [0.29, 0.717) is 5.82 Å². The van der Waals surface area contributed by atoms with Crippen LogP contribution in [0.4, 0.5) is 0 Å². The highest BCUT2D eigenvalue weighted by atomic mass is 14.9. The number of benzene rings is 4. The first-order chi connectivity index (χ1) is 19.6. The Hall–Kier alpha value is -5.22. The van der Waals surface area contributed by atoms with Crippen molar-refractivity contribution < 1.29 is 0 Å². The zero-order valence-corrected chi connectivity index (χ0v) is 22.3. The molecule has 0 radical (unpaired) electrons. The van der Waals surface area contributed by atoms with E-state index in [4.69, 9.17) is 19.9 Å². The summed E-state index contributed by atoms with van der Waals surface area (Å²) in [5.41, 5.74) is 10.7. The molecule has 3 heterocycles. The third-order valence-electron chi connectivity index (χ3n) is 7.29. The molecule has 4 aromatic carbocycles. The van der Waals surface area contributed by atoms with Gasteiger partial charge in [-0.3, -0.25) is 4.98 Å². The third kappa shape index (κ3) is 4.40. The average Bonchev–Trinajstić information content (AvgIpc) is 3.01. The van der Waals surface area contributed by atoms with Crippen molar-refractivity contribution >= 4 is 21.8 Å². The maximum absolute atomic E-state index is 5.15. The summed E-state index contributed by atoms with van der Waals surface area (Å²) in [6.45, 7) is 4.14. The van der Waals surface area contributed by atoms with E-state index in [9.17, 15) is 0 Å². The van der Waals surface area contributed by atoms with E-state index in [2.05, 4.69) is 79.7 Å². The summed E-state index contributed by atoms with van der Waals surface area (Å²) in [5.74, 6) is 0.673. The van der Waals surface area contributed by atoms with Crippen LogP contribution in [0.3, 0.4) is 0 Å². The molecule has 0 spiro atoms. The third-order valence-corrected chi connectivity index (χ3v) is 7.29. The van der Waals surface area contributed by atoms with Gasteiger partial charge in [0.25, 0.3) is 0 Å². The fraction of sp³-hybridized carbons (Fsp3) is 0.0556. The molecule has 0 fully saturated rings. The van der Waals surface area contributed by atoms with Crippen molar-refractivity contribution in [3.05, 3.63) is 133 Å². The number of hydrogen-bond donors (Lipinski definition) is 0. The lowest BCUT2D eigenvalue weighted by molar-refractivity contribution is 1.17. The Labute approximate surface area is 233 Å². The van der Waals surface area contributed by atoms with E-state index in [1.165, 1.54) is 11.1 Å². The molecule has 4 heteroatoms. The predicted molar refractivity (Wildman–Crippen MR) is 164 cm³/mol. The summed E-state index contributed by atoms with van der Waals surface area (Å²) in [4.78, 5) is 20.0. The fourth-order valence-electron chi connectivity index (χ4n) is 5.18. The maximum atomic E-state index is 5.15. The fourth-order valence-corrected chi connectivity index (χ4v) is 5.18. The van der Waals surface area contributed by atoms with Gasteiger partial charge >= 0.3 is 0 Å². The predicted octanol–water partition coefficient (Wildman–Crippen LogP) is 8.86. The van der Waals surface area contributed by atoms with Crippen LogP contribution in [0.5, 0.6) is 0 Å². The van der Waals surface area contributed by atoms with E-state index >= 15 is 0 Å². The standard InChI is InChI=1S/C36H26N4/c1-23-21-32(38-35-30(23)20-19-28-14-13-24(2)37-34(28)35)33-22-31(39-36(40-33)29-11-7-4-8-12-29)27-17-15-26(16-18-27)25-9-5-3-6-10-25/h3-22H,1-2H3. The van der Waals surface area contributed by atoms with Crippen LogP contribution < -0.4 is 0 Å². The molecule has 4 nitrogen and oxygen atoms in total. The van der Waals surface area contributed by atoms with Gasteiger partial charge in [-0.05, 0) is 48.7 Å². The minimum Gasteiger partial charge on any atom is -0.251 e. The first kappa shape index (κ1) is 23.9. The smallest absolute Gasteiger partial charge is 0.160 e. The topological polar surface area (TPSA) is 51.6 Å². The summed E-state index contributed by atoms with van der Waals surface area (Å²) < 4.78 is 0. The minimum atomic E-state index is 0.673. The molecule has 0 unspecified atom stereocenters. The van der Waals surface area contributed by atoms with E-state index < -0.39 is 0 Å². The lowest BCUT2D eigenvalue weighted by atomic mass is 10.0. The Bertz CT molecular complexity index is 2000. The average molecular weight is 515 g/mol. The molecule has 0 saturated carbocycles. The van der Waals surface area contributed by atoms with Gasteiger partial charge < -0.3 is 0 Å². The number of hydrogen-bond acceptors (Lipinski definition) is 4. The van der Waals surface area contributed by atoms with Crippen LogP contribution in [-0.4, -0.2) is 19.9 Å². The highest BCUT2D eigenvalue weighted by Gasteiger charge is 2.15. The molecule has 0 atom stereocenters. The first-order valence-electron chi connectivity index (χ1n) is 13.4. The van der Waals surface area contributed by atoms with E-state index in [-0.39, 0.29) is 0 Å². The van der Waals surface area contributed by atoms with Crippen LogP contribution in [0.1, 0.15) is 11.3 Å². The molecule has 190 valence electrons. The molecule has 0 amide bonds. The van der Waals surface area contributed by atoms with Crippen LogP contribution in [0, 0.1) is 13.8 Å². The summed E-state index contributed by atoms with van der Waals surface area (Å²) in [6.07, 6.45) is 0. The molecule has 0 aliphatic rings. The van der Waals surface area contributed by atoms with Gasteiger partial charge in [0.15, 0.2) is 5.82 Å². The molecular formula is C36H26N4. The summed E-state index contributed by atoms with van der Waals surface area (Å²) in [6, 6.07) is 41.6. The van der Waals surface area contributed by atoms with Crippen molar-refractivity contribution in [2.75, 3.05) is 0 Å². The van der Waals surface area contributed by atoms with Gasteiger partial charge in [-0.15, -0.1) is 0 Å². The lowest BCUT2D eigenvalue weighted by Gasteiger charge is -2.12. The van der Waals surface area contributed by atoms with Crippen LogP contribution in [0.2, 0.25) is 0 Å². The second-order valence-corrected chi connectivity index (χ2v) is 10.1. The van der Waals surface area contributed by atoms with E-state index in [1.54, 1.807) is 0 Å². The van der Waals surface area contributed by atoms with Crippen LogP contribution in [0.15, 0.2) is 121 Å². The Balaban J connectivity index is 1.41. The van der Waals surface area contributed by atoms with E-state index in [1.807, 2.05) is 55.5 Å². The van der Waals surface area contributed by atoms with Crippen molar-refractivity contribution in [3.8, 4) is 45.2 Å². The summed E-state index contributed by atoms with van der Waals surface area (Å²) >= 11 is 0. The minimum absolute atomic E-state index is 0.673. The number of fused-ring (bicyclic) bond motifs is 3. The first-order valence-corrected chi connectivity index (χ1v) is 13.4. The van der Waals surface area contributed by atoms with Gasteiger partial charge in [0.1, 0.15) is 0 Å². The second-order valence-electron chi connectivity index (χ2n) is 10.1. The van der Waals surface area contributed by atoms with Crippen molar-refractivity contribution in [1.82, 2.24) is 19.9 Å². The van der Waals surface area contributed by atoms with Gasteiger partial charge in [-0.1, -0.05) is 103 Å². The number of rotatable bonds is 4. The van der Waals surface area contributed by atoms with Gasteiger partial charge in [-0.2, -0.15) is 0 Å². The molecule has 0 saturated heterocycles. The molecule has 0 aliphatic heterocycles. The Morgan fingerprint density at radius 1 is 0.425 bits per heavy atom. The van der Waals surface area contributed by atoms with Gasteiger partial charge in [0.2, 0.25) is 0 Å². The largest absolute Gasteiger partial charge is 0.251 e. The highest BCUT2D eigenvalue weighted by molar-refractivity contribution is 6.04. The quantitative estimate of drug-likeness (QED) is 0.220. The zero-order valence-electron chi connectivity index (χ0n) is 22.3. The molecule has 0 aliphatic carbocycles. The molecule has 40 heavy (non-hydrogen) atoms. The molecule has 7 aromatic rings. The Morgan fingerprint density at radius 3 is 1.77 bits per heavy atom. The van der Waals surface area contributed by atoms with Crippen LogP contribution >= 0.6 is 0 Å².